The van der Waals surface area contributed by atoms with Gasteiger partial charge in [0.15, 0.2) is 51.1 Å². The molecule has 2 atom stereocenters. The van der Waals surface area contributed by atoms with Crippen LogP contribution in [0.5, 0.6) is 23.0 Å². The maximum Gasteiger partial charge on any atom is 0.341 e. The predicted octanol–water partition coefficient (Wildman–Crippen LogP) is 16.4. The molecule has 0 aliphatic carbocycles. The molecular weight excluding hydrogens is 2040 g/mol. The molecule has 0 spiro atoms. The maximum absolute atomic E-state index is 12.8. The van der Waals surface area contributed by atoms with Gasteiger partial charge in [-0.1, -0.05) is 130 Å². The van der Waals surface area contributed by atoms with Crippen LogP contribution in [0.1, 0.15) is 108 Å². The summed E-state index contributed by atoms with van der Waals surface area (Å²) in [6.45, 7) is 25.7. The number of carbonyl (C=O) groups is 6. The van der Waals surface area contributed by atoms with E-state index in [4.69, 9.17) is 53.8 Å². The highest BCUT2D eigenvalue weighted by Crippen LogP contribution is 2.64. The Hall–Kier alpha value is -10.3. The molecule has 6 aromatic carbocycles. The van der Waals surface area contributed by atoms with Crippen LogP contribution in [-0.2, 0) is 75.4 Å². The van der Waals surface area contributed by atoms with Gasteiger partial charge in [0.25, 0.3) is 0 Å². The number of piperidine rings is 3. The number of halogens is 3. The van der Waals surface area contributed by atoms with Crippen molar-refractivity contribution in [1.82, 2.24) is 39.7 Å². The summed E-state index contributed by atoms with van der Waals surface area (Å²) < 4.78 is 93.0. The Balaban J connectivity index is 0.000000221. The number of nitrogens with zero attached hydrogens (tertiary/aromatic N) is 9. The van der Waals surface area contributed by atoms with Crippen LogP contribution in [0.4, 0.5) is 46.3 Å². The Morgan fingerprint density at radius 2 is 0.762 bits per heavy atom. The van der Waals surface area contributed by atoms with Crippen LogP contribution >= 0.6 is 80.2 Å². The highest BCUT2D eigenvalue weighted by molar-refractivity contribution is 7.73. The Labute approximate surface area is 840 Å². The zero-order chi connectivity index (χ0) is 104. The third-order valence-corrected chi connectivity index (χ3v) is 35.9. The molecule has 15 N–H and O–H groups in total. The first kappa shape index (κ1) is 115. The third kappa shape index (κ3) is 36.1. The van der Waals surface area contributed by atoms with Gasteiger partial charge in [-0.15, -0.1) is 0 Å². The van der Waals surface area contributed by atoms with Crippen LogP contribution in [0.3, 0.4) is 0 Å². The van der Waals surface area contributed by atoms with Gasteiger partial charge in [-0.2, -0.15) is 0 Å². The highest BCUT2D eigenvalue weighted by atomic mass is 35.5. The summed E-state index contributed by atoms with van der Waals surface area (Å²) in [5.41, 5.74) is 7.93. The molecule has 9 aromatic rings. The van der Waals surface area contributed by atoms with Crippen molar-refractivity contribution in [2.45, 2.75) is 127 Å². The summed E-state index contributed by atoms with van der Waals surface area (Å²) in [7, 11) is -30.7. The third-order valence-electron chi connectivity index (χ3n) is 23.2. The molecular formula is C94H114Cl3N13O27P6. The molecule has 0 radical (unpaired) electrons. The quantitative estimate of drug-likeness (QED) is 0.00554. The van der Waals surface area contributed by atoms with E-state index in [9.17, 15) is 110 Å². The maximum atomic E-state index is 12.8. The molecule has 40 nitrogen and oxygen atoms in total. The fraction of sp³-hybridized carbons (Fsp3) is 0.362. The van der Waals surface area contributed by atoms with Crippen molar-refractivity contribution in [3.8, 4) is 56.8 Å². The van der Waals surface area contributed by atoms with Crippen LogP contribution in [-0.4, -0.2) is 217 Å². The SMILES string of the molecule is C=CC(=O)Cc1cccc(-c2nc(Nc3ccc(OC(=O)CC(P(=O)(O)O)P(=O)(O)O)c(NCCCN4CCC(C)CC4)c3)ncc2Cl)c1.C=CC(=O)Cc1cccc(-c2nc(Nc3ccc(OC(=O)CC(P(=O)(O)O)P(=O)(O)O)c(OCCCN4CCC(C)CC4)c3)ncc2Cl)c1.C=CC(=O)Cc1cccc(-c2nc(Nc3ccc(OC(=O)CC(P(C)(=O)O)P(=O)(O)O)c(N4CCC(C)CC4)c3)ncc2Cl)c1. The van der Waals surface area contributed by atoms with Crippen molar-refractivity contribution in [2.24, 2.45) is 17.8 Å². The van der Waals surface area contributed by atoms with Gasteiger partial charge >= 0.3 is 55.9 Å². The molecule has 768 valence electrons. The van der Waals surface area contributed by atoms with Crippen molar-refractivity contribution < 1.29 is 129 Å². The second kappa shape index (κ2) is 52.2. The molecule has 3 aliphatic rings. The van der Waals surface area contributed by atoms with Crippen molar-refractivity contribution >= 4 is 162 Å². The summed E-state index contributed by atoms with van der Waals surface area (Å²) in [4.78, 5) is 212. The first-order valence-electron chi connectivity index (χ1n) is 45.2. The van der Waals surface area contributed by atoms with E-state index in [1.54, 1.807) is 72.8 Å². The fourth-order valence-corrected chi connectivity index (χ4v) is 23.7. The Morgan fingerprint density at radius 3 is 1.14 bits per heavy atom. The summed E-state index contributed by atoms with van der Waals surface area (Å²) >= 11 is 19.3. The Bertz CT molecular complexity index is 6080. The van der Waals surface area contributed by atoms with Crippen LogP contribution < -0.4 is 45.1 Å². The standard InChI is InChI=1S/C32H40ClN5O9P2.C32H39ClN4O10P2.C30H35ClN4O8P2/c1-3-25(39)17-22-6-4-7-23(16-22)31-26(33)20-35-32(37-31)36-24-8-9-28(47-29(40)19-30(48(41,42)43)49(44,45)46)27(18-24)34-12-5-13-38-14-10-21(2)11-15-38;1-3-25(38)17-22-6-4-7-23(16-22)31-26(33)20-34-32(36-31)35-24-8-9-27(47-29(39)19-30(48(40,41)42)49(43,44)45)28(18-24)46-15-5-12-37-13-10-21(2)11-14-37;1-4-23(36)15-20-6-5-7-21(14-20)29-24(31)18-32-30(34-29)33-22-8-9-26(25(16-22)35-12-10-19(2)11-13-35)43-27(37)17-28(44(3,38)39)45(40,41)42/h3-4,6-9,16,18,20-21,30,34H,1,5,10-15,17,19H2,2H3,(H,35,36,37)(H2,41,42,43)(H2,44,45,46);3-4,6-9,16,18,20-21,30H,1,5,10-15,17,19H2,2H3,(H,34,35,36)(H2,40,41,42)(H2,43,44,45);4-9,14,16,18-19,28H,1,10-13,15,17H2,2-3H3,(H,38,39)(H,32,33,34)(H2,40,41,42). The number of ether oxygens (including phenoxy) is 4. The Morgan fingerprint density at radius 1 is 0.427 bits per heavy atom. The molecule has 3 saturated heterocycles. The lowest BCUT2D eigenvalue weighted by atomic mass is 9.98. The van der Waals surface area contributed by atoms with Crippen LogP contribution in [0, 0.1) is 17.8 Å². The van der Waals surface area contributed by atoms with Gasteiger partial charge in [-0.05, 0) is 203 Å². The van der Waals surface area contributed by atoms with E-state index in [-0.39, 0.29) is 94.1 Å². The number of aromatic nitrogens is 6. The first-order valence-corrected chi connectivity index (χ1v) is 56.9. The van der Waals surface area contributed by atoms with E-state index >= 15 is 0 Å². The number of ketones is 3. The first-order chi connectivity index (χ1) is 67.4. The number of esters is 3. The van der Waals surface area contributed by atoms with E-state index in [1.807, 2.05) is 29.2 Å². The number of allylic oxidation sites excluding steroid dienone is 3. The molecule has 0 bridgehead atoms. The average Bonchev–Trinajstić information content (AvgIpc) is 0.805. The average molecular weight is 2150 g/mol. The molecule has 3 aliphatic heterocycles. The summed E-state index contributed by atoms with van der Waals surface area (Å²) in [6.07, 6.45) is 13.0. The van der Waals surface area contributed by atoms with Gasteiger partial charge in [0.05, 0.1) is 88.0 Å². The van der Waals surface area contributed by atoms with Crippen molar-refractivity contribution in [2.75, 3.05) is 98.3 Å². The molecule has 3 aromatic heterocycles. The van der Waals surface area contributed by atoms with Gasteiger partial charge in [0.2, 0.25) is 25.2 Å². The lowest BCUT2D eigenvalue weighted by molar-refractivity contribution is -0.135. The summed E-state index contributed by atoms with van der Waals surface area (Å²) in [5, 5.41) is 6.25. The number of carbonyl (C=O) groups excluding carboxylic acids is 6. The van der Waals surface area contributed by atoms with E-state index in [2.05, 4.69) is 101 Å². The minimum atomic E-state index is -5.35. The second-order valence-electron chi connectivity index (χ2n) is 34.8. The molecule has 0 amide bonds. The molecule has 3 fully saturated rings. The fourth-order valence-electron chi connectivity index (χ4n) is 15.3. The van der Waals surface area contributed by atoms with E-state index in [0.29, 0.717) is 111 Å². The normalized spacial score (nSPS) is 14.9. The van der Waals surface area contributed by atoms with Gasteiger partial charge in [0, 0.05) is 91.9 Å². The van der Waals surface area contributed by atoms with Gasteiger partial charge < -0.3 is 109 Å². The molecule has 12 rings (SSSR count). The second-order valence-corrected chi connectivity index (χ2v) is 48.8. The number of likely N-dealkylation sites (tertiary alicyclic amines) is 2. The van der Waals surface area contributed by atoms with Crippen molar-refractivity contribution in [3.63, 3.8) is 0 Å². The smallest absolute Gasteiger partial charge is 0.341 e. The van der Waals surface area contributed by atoms with E-state index < -0.39 is 98.7 Å². The monoisotopic (exact) mass is 2150 g/mol. The van der Waals surface area contributed by atoms with E-state index in [1.165, 1.54) is 67.2 Å². The topological polar surface area (TPSA) is 599 Å². The molecule has 2 unspecified atom stereocenters. The predicted molar refractivity (Wildman–Crippen MR) is 545 cm³/mol. The lowest BCUT2D eigenvalue weighted by Gasteiger charge is -2.33. The number of rotatable bonds is 44. The van der Waals surface area contributed by atoms with Crippen molar-refractivity contribution in [1.29, 1.82) is 0 Å². The van der Waals surface area contributed by atoms with Crippen LogP contribution in [0.2, 0.25) is 15.1 Å². The minimum Gasteiger partial charge on any atom is -0.490 e. The van der Waals surface area contributed by atoms with Gasteiger partial charge in [0.1, 0.15) is 5.40 Å². The molecule has 0 saturated carbocycles. The number of nitrogens with one attached hydrogen (secondary N) is 4. The number of benzene rings is 6. The molecule has 49 heteroatoms. The van der Waals surface area contributed by atoms with Crippen LogP contribution in [0.15, 0.2) is 184 Å². The highest BCUT2D eigenvalue weighted by Gasteiger charge is 2.47. The number of hydrogen-bond donors (Lipinski definition) is 15. The minimum absolute atomic E-state index is 0.0129. The Kier molecular flexibility index (Phi) is 41.8. The lowest BCUT2D eigenvalue weighted by Crippen LogP contribution is -2.34. The number of hydrogen-bond acceptors (Lipinski definition) is 29. The zero-order valence-electron chi connectivity index (χ0n) is 78.4. The zero-order valence-corrected chi connectivity index (χ0v) is 86.1. The summed E-state index contributed by atoms with van der Waals surface area (Å²) in [5.74, 6) is -1.36. The number of anilines is 8. The van der Waals surface area contributed by atoms with E-state index in [0.717, 1.165) is 108 Å². The summed E-state index contributed by atoms with van der Waals surface area (Å²) in [6, 6.07) is 35.5. The molecule has 143 heavy (non-hydrogen) atoms. The molecule has 6 heterocycles. The largest absolute Gasteiger partial charge is 0.490 e. The van der Waals surface area contributed by atoms with Crippen LogP contribution in [0.25, 0.3) is 33.8 Å². The van der Waals surface area contributed by atoms with Gasteiger partial charge in [-0.25, -0.2) is 29.9 Å². The van der Waals surface area contributed by atoms with Crippen molar-refractivity contribution in [3.05, 3.63) is 216 Å². The van der Waals surface area contributed by atoms with Gasteiger partial charge in [-0.3, -0.25) is 56.2 Å².